The van der Waals surface area contributed by atoms with Crippen LogP contribution in [0.2, 0.25) is 0 Å². The van der Waals surface area contributed by atoms with Crippen LogP contribution >= 0.6 is 15.9 Å². The molecular formula is C11H12BrFO2. The predicted octanol–water partition coefficient (Wildman–Crippen LogP) is 2.74. The van der Waals surface area contributed by atoms with Crippen molar-refractivity contribution in [2.45, 2.75) is 18.7 Å². The van der Waals surface area contributed by atoms with Crippen LogP contribution in [0.3, 0.4) is 0 Å². The Hall–Kier alpha value is -0.900. The van der Waals surface area contributed by atoms with Gasteiger partial charge in [-0.2, -0.15) is 0 Å². The number of halogens is 2. The quantitative estimate of drug-likeness (QED) is 0.626. The first kappa shape index (κ1) is 12.2. The van der Waals surface area contributed by atoms with Crippen LogP contribution in [0, 0.1) is 12.7 Å². The van der Waals surface area contributed by atoms with Crippen LogP contribution in [-0.4, -0.2) is 13.1 Å². The topological polar surface area (TPSA) is 26.3 Å². The second-order valence-electron chi connectivity index (χ2n) is 3.26. The van der Waals surface area contributed by atoms with Crippen molar-refractivity contribution in [2.75, 3.05) is 7.11 Å². The van der Waals surface area contributed by atoms with Crippen molar-refractivity contribution in [3.05, 3.63) is 34.6 Å². The third-order valence-electron chi connectivity index (χ3n) is 2.18. The van der Waals surface area contributed by atoms with Crippen molar-refractivity contribution in [1.29, 1.82) is 0 Å². The third kappa shape index (κ3) is 3.02. The second-order valence-corrected chi connectivity index (χ2v) is 3.82. The zero-order valence-corrected chi connectivity index (χ0v) is 10.2. The highest BCUT2D eigenvalue weighted by Crippen LogP contribution is 2.18. The minimum Gasteiger partial charge on any atom is -0.469 e. The van der Waals surface area contributed by atoms with Crippen molar-refractivity contribution < 1.29 is 13.9 Å². The fourth-order valence-corrected chi connectivity index (χ4v) is 1.69. The van der Waals surface area contributed by atoms with Crippen LogP contribution in [0.25, 0.3) is 0 Å². The van der Waals surface area contributed by atoms with Gasteiger partial charge in [0.2, 0.25) is 0 Å². The molecule has 15 heavy (non-hydrogen) atoms. The molecule has 0 aliphatic heterocycles. The number of carbonyl (C=O) groups excluding carboxylic acids is 1. The molecule has 0 aliphatic rings. The molecule has 0 atom stereocenters. The number of aryl methyl sites for hydroxylation is 1. The molecular weight excluding hydrogens is 263 g/mol. The summed E-state index contributed by atoms with van der Waals surface area (Å²) < 4.78 is 18.1. The molecule has 0 aliphatic carbocycles. The molecule has 0 N–H and O–H groups in total. The molecule has 0 saturated carbocycles. The summed E-state index contributed by atoms with van der Waals surface area (Å²) in [4.78, 5) is 11.0. The van der Waals surface area contributed by atoms with Crippen LogP contribution < -0.4 is 0 Å². The van der Waals surface area contributed by atoms with E-state index in [2.05, 4.69) is 20.7 Å². The third-order valence-corrected chi connectivity index (χ3v) is 2.83. The van der Waals surface area contributed by atoms with Crippen molar-refractivity contribution >= 4 is 21.9 Å². The van der Waals surface area contributed by atoms with Crippen LogP contribution in [0.4, 0.5) is 4.39 Å². The van der Waals surface area contributed by atoms with E-state index in [1.54, 1.807) is 6.92 Å². The molecule has 0 amide bonds. The van der Waals surface area contributed by atoms with Crippen LogP contribution in [-0.2, 0) is 21.3 Å². The Morgan fingerprint density at radius 2 is 2.20 bits per heavy atom. The van der Waals surface area contributed by atoms with Crippen molar-refractivity contribution in [3.8, 4) is 0 Å². The van der Waals surface area contributed by atoms with Crippen LogP contribution in [0.1, 0.15) is 16.7 Å². The zero-order valence-electron chi connectivity index (χ0n) is 8.64. The Morgan fingerprint density at radius 1 is 1.53 bits per heavy atom. The average Bonchev–Trinajstić information content (AvgIpc) is 2.22. The molecule has 4 heteroatoms. The number of ether oxygens (including phenoxy) is 1. The first-order valence-corrected chi connectivity index (χ1v) is 5.61. The number of hydrogen-bond donors (Lipinski definition) is 0. The molecule has 0 bridgehead atoms. The van der Waals surface area contributed by atoms with Crippen molar-refractivity contribution in [3.63, 3.8) is 0 Å². The molecule has 0 spiro atoms. The highest BCUT2D eigenvalue weighted by Gasteiger charge is 2.12. The lowest BCUT2D eigenvalue weighted by atomic mass is 10.0. The van der Waals surface area contributed by atoms with E-state index in [-0.39, 0.29) is 12.2 Å². The minimum absolute atomic E-state index is 0.0171. The van der Waals surface area contributed by atoms with Gasteiger partial charge in [-0.15, -0.1) is 0 Å². The molecule has 1 aromatic carbocycles. The van der Waals surface area contributed by atoms with E-state index < -0.39 is 5.97 Å². The first-order valence-electron chi connectivity index (χ1n) is 4.49. The molecule has 1 rings (SSSR count). The summed E-state index contributed by atoms with van der Waals surface area (Å²) in [7, 11) is 1.29. The Kier molecular flexibility index (Phi) is 4.27. The maximum Gasteiger partial charge on any atom is 0.310 e. The maximum atomic E-state index is 13.6. The van der Waals surface area contributed by atoms with E-state index in [0.717, 1.165) is 11.1 Å². The highest BCUT2D eigenvalue weighted by atomic mass is 79.9. The predicted molar refractivity (Wildman–Crippen MR) is 59.5 cm³/mol. The van der Waals surface area contributed by atoms with E-state index in [1.165, 1.54) is 13.2 Å². The molecule has 0 aromatic heterocycles. The SMILES string of the molecule is COC(=O)Cc1c(C)cc(CBr)cc1F. The molecule has 0 saturated heterocycles. The number of alkyl halides is 1. The number of esters is 1. The van der Waals surface area contributed by atoms with Gasteiger partial charge >= 0.3 is 5.97 Å². The lowest BCUT2D eigenvalue weighted by Gasteiger charge is -2.08. The summed E-state index contributed by atoms with van der Waals surface area (Å²) in [5, 5.41) is 0.600. The van der Waals surface area contributed by atoms with Crippen molar-refractivity contribution in [2.24, 2.45) is 0 Å². The second kappa shape index (κ2) is 5.26. The van der Waals surface area contributed by atoms with E-state index >= 15 is 0 Å². The van der Waals surface area contributed by atoms with Gasteiger partial charge in [-0.05, 0) is 24.1 Å². The Morgan fingerprint density at radius 3 is 2.67 bits per heavy atom. The van der Waals surface area contributed by atoms with Crippen molar-refractivity contribution in [1.82, 2.24) is 0 Å². The summed E-state index contributed by atoms with van der Waals surface area (Å²) in [6, 6.07) is 3.29. The normalized spacial score (nSPS) is 10.1. The number of carbonyl (C=O) groups is 1. The lowest BCUT2D eigenvalue weighted by molar-refractivity contribution is -0.139. The van der Waals surface area contributed by atoms with Gasteiger partial charge in [0.1, 0.15) is 5.82 Å². The van der Waals surface area contributed by atoms with Gasteiger partial charge in [-0.3, -0.25) is 4.79 Å². The lowest BCUT2D eigenvalue weighted by Crippen LogP contribution is -2.08. The van der Waals surface area contributed by atoms with Crippen LogP contribution in [0.5, 0.6) is 0 Å². The fraction of sp³-hybridized carbons (Fsp3) is 0.364. The van der Waals surface area contributed by atoms with Gasteiger partial charge in [-0.1, -0.05) is 22.0 Å². The summed E-state index contributed by atoms with van der Waals surface area (Å²) in [5.41, 5.74) is 2.04. The van der Waals surface area contributed by atoms with Gasteiger partial charge in [0.25, 0.3) is 0 Å². The molecule has 0 unspecified atom stereocenters. The summed E-state index contributed by atoms with van der Waals surface area (Å²) in [6.07, 6.45) is -0.0171. The number of methoxy groups -OCH3 is 1. The van der Waals surface area contributed by atoms with Crippen LogP contribution in [0.15, 0.2) is 12.1 Å². The van der Waals surface area contributed by atoms with E-state index in [0.29, 0.717) is 10.9 Å². The maximum absolute atomic E-state index is 13.6. The van der Waals surface area contributed by atoms with E-state index in [1.807, 2.05) is 6.07 Å². The molecule has 0 fully saturated rings. The fourth-order valence-electron chi connectivity index (χ4n) is 1.36. The first-order chi connectivity index (χ1) is 7.08. The Balaban J connectivity index is 3.03. The Labute approximate surface area is 96.6 Å². The van der Waals surface area contributed by atoms with Gasteiger partial charge in [0.15, 0.2) is 0 Å². The molecule has 0 heterocycles. The Bertz CT molecular complexity index is 354. The van der Waals surface area contributed by atoms with Gasteiger partial charge in [0, 0.05) is 10.9 Å². The molecule has 2 nitrogen and oxygen atoms in total. The number of hydrogen-bond acceptors (Lipinski definition) is 2. The zero-order chi connectivity index (χ0) is 11.4. The number of rotatable bonds is 3. The summed E-state index contributed by atoms with van der Waals surface area (Å²) >= 11 is 3.26. The van der Waals surface area contributed by atoms with Gasteiger partial charge < -0.3 is 4.74 Å². The summed E-state index contributed by atoms with van der Waals surface area (Å²) in [6.45, 7) is 1.79. The largest absolute Gasteiger partial charge is 0.469 e. The molecule has 0 radical (unpaired) electrons. The number of benzene rings is 1. The average molecular weight is 275 g/mol. The monoisotopic (exact) mass is 274 g/mol. The van der Waals surface area contributed by atoms with Gasteiger partial charge in [0.05, 0.1) is 13.5 Å². The standard InChI is InChI=1S/C11H12BrFO2/c1-7-3-8(6-12)4-10(13)9(7)5-11(14)15-2/h3-4H,5-6H2,1-2H3. The van der Waals surface area contributed by atoms with E-state index in [4.69, 9.17) is 0 Å². The van der Waals surface area contributed by atoms with Gasteiger partial charge in [-0.25, -0.2) is 4.39 Å². The smallest absolute Gasteiger partial charge is 0.310 e. The summed E-state index contributed by atoms with van der Waals surface area (Å²) in [5.74, 6) is -0.779. The molecule has 1 aromatic rings. The highest BCUT2D eigenvalue weighted by molar-refractivity contribution is 9.08. The molecule has 82 valence electrons. The van der Waals surface area contributed by atoms with E-state index in [9.17, 15) is 9.18 Å². The minimum atomic E-state index is -0.427.